The van der Waals surface area contributed by atoms with Crippen LogP contribution in [0.4, 0.5) is 11.4 Å². The van der Waals surface area contributed by atoms with Crippen molar-refractivity contribution in [2.45, 2.75) is 19.8 Å². The molecule has 0 radical (unpaired) electrons. The van der Waals surface area contributed by atoms with Crippen LogP contribution in [0.25, 0.3) is 0 Å². The summed E-state index contributed by atoms with van der Waals surface area (Å²) in [6, 6.07) is 11.9. The largest absolute Gasteiger partial charge is 0.339 e. The number of hydrogen-bond acceptors (Lipinski definition) is 4. The first-order chi connectivity index (χ1) is 13.7. The lowest BCUT2D eigenvalue weighted by Gasteiger charge is -2.21. The number of sulfonamides is 1. The molecule has 1 fully saturated rings. The van der Waals surface area contributed by atoms with E-state index in [-0.39, 0.29) is 5.91 Å². The highest BCUT2D eigenvalue weighted by Crippen LogP contribution is 2.26. The second kappa shape index (κ2) is 8.24. The maximum atomic E-state index is 13.0. The number of rotatable bonds is 5. The highest BCUT2D eigenvalue weighted by molar-refractivity contribution is 7.92. The fraction of sp³-hybridized carbons (Fsp3) is 0.333. The molecule has 7 nitrogen and oxygen atoms in total. The van der Waals surface area contributed by atoms with Crippen LogP contribution in [-0.4, -0.2) is 51.5 Å². The topological polar surface area (TPSA) is 86.8 Å². The molecule has 0 saturated carbocycles. The van der Waals surface area contributed by atoms with Gasteiger partial charge in [0.05, 0.1) is 23.2 Å². The van der Waals surface area contributed by atoms with Gasteiger partial charge in [-0.05, 0) is 49.6 Å². The summed E-state index contributed by atoms with van der Waals surface area (Å²) in [7, 11) is -2.01. The Hall–Kier alpha value is -2.87. The summed E-state index contributed by atoms with van der Waals surface area (Å²) in [5, 5.41) is 2.82. The molecule has 2 aromatic rings. The van der Waals surface area contributed by atoms with Crippen molar-refractivity contribution in [3.63, 3.8) is 0 Å². The van der Waals surface area contributed by atoms with Crippen LogP contribution in [0.5, 0.6) is 0 Å². The van der Waals surface area contributed by atoms with E-state index in [0.717, 1.165) is 36.5 Å². The van der Waals surface area contributed by atoms with Crippen LogP contribution in [0.3, 0.4) is 0 Å². The van der Waals surface area contributed by atoms with E-state index in [1.54, 1.807) is 54.3 Å². The van der Waals surface area contributed by atoms with Crippen molar-refractivity contribution in [1.29, 1.82) is 0 Å². The molecule has 2 aromatic carbocycles. The fourth-order valence-corrected chi connectivity index (χ4v) is 4.00. The second-order valence-corrected chi connectivity index (χ2v) is 9.19. The fourth-order valence-electron chi connectivity index (χ4n) is 3.45. The van der Waals surface area contributed by atoms with Crippen LogP contribution in [0.1, 0.15) is 39.1 Å². The highest BCUT2D eigenvalue weighted by atomic mass is 32.2. The normalized spacial score (nSPS) is 14.0. The van der Waals surface area contributed by atoms with Crippen LogP contribution in [0.15, 0.2) is 42.5 Å². The highest BCUT2D eigenvalue weighted by Gasteiger charge is 2.23. The molecule has 0 aromatic heterocycles. The number of para-hydroxylation sites is 1. The molecule has 1 aliphatic heterocycles. The first-order valence-corrected chi connectivity index (χ1v) is 11.3. The summed E-state index contributed by atoms with van der Waals surface area (Å²) in [5.74, 6) is -0.492. The molecule has 0 aliphatic carbocycles. The average Bonchev–Trinajstić information content (AvgIpc) is 3.21. The van der Waals surface area contributed by atoms with Gasteiger partial charge >= 0.3 is 0 Å². The molecular weight excluding hydrogens is 390 g/mol. The number of carbonyl (C=O) groups excluding carboxylic acids is 2. The number of nitrogens with one attached hydrogen (secondary N) is 1. The molecule has 3 rings (SSSR count). The van der Waals surface area contributed by atoms with Crippen molar-refractivity contribution in [3.8, 4) is 0 Å². The van der Waals surface area contributed by atoms with Gasteiger partial charge in [0.2, 0.25) is 10.0 Å². The lowest BCUT2D eigenvalue weighted by molar-refractivity contribution is 0.0794. The van der Waals surface area contributed by atoms with Gasteiger partial charge in [0.15, 0.2) is 0 Å². The first-order valence-electron chi connectivity index (χ1n) is 9.43. The number of carbonyl (C=O) groups is 2. The van der Waals surface area contributed by atoms with Gasteiger partial charge in [-0.3, -0.25) is 13.9 Å². The number of benzene rings is 2. The summed E-state index contributed by atoms with van der Waals surface area (Å²) in [4.78, 5) is 27.5. The Morgan fingerprint density at radius 1 is 1.00 bits per heavy atom. The third kappa shape index (κ3) is 4.42. The van der Waals surface area contributed by atoms with Gasteiger partial charge in [0.1, 0.15) is 0 Å². The molecule has 0 unspecified atom stereocenters. The molecule has 154 valence electrons. The Bertz CT molecular complexity index is 1040. The predicted molar refractivity (Wildman–Crippen MR) is 114 cm³/mol. The minimum Gasteiger partial charge on any atom is -0.339 e. The van der Waals surface area contributed by atoms with Crippen LogP contribution in [0.2, 0.25) is 0 Å². The molecule has 29 heavy (non-hydrogen) atoms. The van der Waals surface area contributed by atoms with Crippen molar-refractivity contribution in [1.82, 2.24) is 4.90 Å². The van der Waals surface area contributed by atoms with E-state index in [1.807, 2.05) is 0 Å². The van der Waals surface area contributed by atoms with Crippen molar-refractivity contribution in [2.24, 2.45) is 0 Å². The maximum Gasteiger partial charge on any atom is 0.256 e. The van der Waals surface area contributed by atoms with Gasteiger partial charge in [-0.2, -0.15) is 0 Å². The molecule has 0 spiro atoms. The summed E-state index contributed by atoms with van der Waals surface area (Å²) < 4.78 is 24.9. The number of nitrogens with zero attached hydrogens (tertiary/aromatic N) is 2. The zero-order chi connectivity index (χ0) is 21.2. The van der Waals surface area contributed by atoms with E-state index in [4.69, 9.17) is 0 Å². The number of anilines is 2. The van der Waals surface area contributed by atoms with E-state index < -0.39 is 15.9 Å². The van der Waals surface area contributed by atoms with E-state index >= 15 is 0 Å². The number of amides is 2. The third-order valence-corrected chi connectivity index (χ3v) is 6.38. The molecule has 1 saturated heterocycles. The van der Waals surface area contributed by atoms with Gasteiger partial charge in [-0.15, -0.1) is 0 Å². The minimum atomic E-state index is -3.46. The number of likely N-dealkylation sites (tertiary alicyclic amines) is 1. The van der Waals surface area contributed by atoms with Crippen molar-refractivity contribution in [3.05, 3.63) is 59.2 Å². The summed E-state index contributed by atoms with van der Waals surface area (Å²) in [6.07, 6.45) is 3.08. The Kier molecular flexibility index (Phi) is 5.93. The van der Waals surface area contributed by atoms with Crippen LogP contribution in [0, 0.1) is 6.92 Å². The molecule has 0 atom stereocenters. The van der Waals surface area contributed by atoms with E-state index in [2.05, 4.69) is 5.32 Å². The van der Waals surface area contributed by atoms with Crippen molar-refractivity contribution in [2.75, 3.05) is 36.0 Å². The van der Waals surface area contributed by atoms with Gasteiger partial charge < -0.3 is 10.2 Å². The van der Waals surface area contributed by atoms with Crippen molar-refractivity contribution < 1.29 is 18.0 Å². The van der Waals surface area contributed by atoms with E-state index in [1.165, 1.54) is 7.05 Å². The van der Waals surface area contributed by atoms with Gasteiger partial charge in [0, 0.05) is 25.7 Å². The quantitative estimate of drug-likeness (QED) is 0.814. The lowest BCUT2D eigenvalue weighted by Crippen LogP contribution is -2.29. The van der Waals surface area contributed by atoms with Crippen LogP contribution >= 0.6 is 0 Å². The first kappa shape index (κ1) is 20.9. The maximum absolute atomic E-state index is 13.0. The smallest absolute Gasteiger partial charge is 0.256 e. The molecule has 1 heterocycles. The second-order valence-electron chi connectivity index (χ2n) is 7.18. The van der Waals surface area contributed by atoms with Gasteiger partial charge in [-0.1, -0.05) is 18.2 Å². The summed E-state index contributed by atoms with van der Waals surface area (Å²) in [6.45, 7) is 3.15. The molecule has 8 heteroatoms. The molecule has 0 bridgehead atoms. The number of hydrogen-bond donors (Lipinski definition) is 1. The summed E-state index contributed by atoms with van der Waals surface area (Å²) in [5.41, 5.74) is 2.21. The monoisotopic (exact) mass is 415 g/mol. The molecular formula is C21H25N3O4S. The molecule has 1 aliphatic rings. The van der Waals surface area contributed by atoms with E-state index in [0.29, 0.717) is 28.1 Å². The van der Waals surface area contributed by atoms with Crippen molar-refractivity contribution >= 4 is 33.2 Å². The SMILES string of the molecule is Cc1c(C(=O)Nc2ccccc2C(=O)N2CCCC2)cccc1N(C)S(C)(=O)=O. The lowest BCUT2D eigenvalue weighted by atomic mass is 10.1. The summed E-state index contributed by atoms with van der Waals surface area (Å²) >= 11 is 0. The zero-order valence-electron chi connectivity index (χ0n) is 16.8. The average molecular weight is 416 g/mol. The Labute approximate surface area is 171 Å². The van der Waals surface area contributed by atoms with Gasteiger partial charge in [-0.25, -0.2) is 8.42 Å². The van der Waals surface area contributed by atoms with Crippen LogP contribution < -0.4 is 9.62 Å². The zero-order valence-corrected chi connectivity index (χ0v) is 17.6. The standard InChI is InChI=1S/C21H25N3O4S/c1-15-16(10-8-12-19(15)23(2)29(3,27)28)20(25)22-18-11-5-4-9-17(18)21(26)24-13-6-7-14-24/h4-5,8-12H,6-7,13-14H2,1-3H3,(H,22,25). The Morgan fingerprint density at radius 3 is 2.28 bits per heavy atom. The molecule has 1 N–H and O–H groups in total. The Morgan fingerprint density at radius 2 is 1.62 bits per heavy atom. The molecule has 2 amide bonds. The minimum absolute atomic E-state index is 0.0966. The third-order valence-electron chi connectivity index (χ3n) is 5.19. The Balaban J connectivity index is 1.89. The van der Waals surface area contributed by atoms with Gasteiger partial charge in [0.25, 0.3) is 11.8 Å². The van der Waals surface area contributed by atoms with E-state index in [9.17, 15) is 18.0 Å². The predicted octanol–water partition coefficient (Wildman–Crippen LogP) is 2.88. The van der Waals surface area contributed by atoms with Crippen LogP contribution in [-0.2, 0) is 10.0 Å².